The van der Waals surface area contributed by atoms with Gasteiger partial charge in [0.1, 0.15) is 5.75 Å². The summed E-state index contributed by atoms with van der Waals surface area (Å²) in [4.78, 5) is 13.5. The van der Waals surface area contributed by atoms with E-state index < -0.39 is 11.6 Å². The fourth-order valence-electron chi connectivity index (χ4n) is 6.12. The fourth-order valence-corrected chi connectivity index (χ4v) is 6.12. The van der Waals surface area contributed by atoms with E-state index in [2.05, 4.69) is 13.0 Å². The molecule has 0 amide bonds. The summed E-state index contributed by atoms with van der Waals surface area (Å²) in [6.45, 7) is 5.48. The molecule has 1 spiro atoms. The maximum atomic E-state index is 13.5. The quantitative estimate of drug-likeness (QED) is 0.836. The number of carbonyl (C=O) groups is 1. The number of benzene rings is 1. The molecule has 1 aromatic carbocycles. The molecule has 2 aliphatic carbocycles. The third-order valence-corrected chi connectivity index (χ3v) is 7.53. The van der Waals surface area contributed by atoms with Gasteiger partial charge in [0.2, 0.25) is 5.79 Å². The van der Waals surface area contributed by atoms with Crippen molar-refractivity contribution in [1.29, 1.82) is 0 Å². The van der Waals surface area contributed by atoms with Crippen molar-refractivity contribution in [2.75, 3.05) is 26.4 Å². The molecule has 0 aromatic heterocycles. The average Bonchev–Trinajstić information content (AvgIpc) is 3.17. The number of rotatable bonds is 3. The van der Waals surface area contributed by atoms with E-state index in [0.29, 0.717) is 26.1 Å². The molecule has 158 valence electrons. The van der Waals surface area contributed by atoms with E-state index in [1.54, 1.807) is 0 Å². The third-order valence-electron chi connectivity index (χ3n) is 7.53. The Kier molecular flexibility index (Phi) is 4.55. The molecular weight excluding hydrogens is 372 g/mol. The molecule has 1 N–H and O–H groups in total. The van der Waals surface area contributed by atoms with Gasteiger partial charge in [0.25, 0.3) is 0 Å². The summed E-state index contributed by atoms with van der Waals surface area (Å²) in [5, 5.41) is 9.08. The van der Waals surface area contributed by atoms with Crippen molar-refractivity contribution >= 4 is 5.78 Å². The molecule has 2 heterocycles. The maximum Gasteiger partial charge on any atom is 0.208 e. The number of aliphatic hydroxyl groups is 1. The summed E-state index contributed by atoms with van der Waals surface area (Å²) in [6, 6.07) is 4.06. The zero-order chi connectivity index (χ0) is 20.3. The average molecular weight is 402 g/mol. The smallest absolute Gasteiger partial charge is 0.208 e. The van der Waals surface area contributed by atoms with Crippen LogP contribution in [0.4, 0.5) is 0 Å². The lowest BCUT2D eigenvalue weighted by atomic mass is 9.55. The number of ketones is 1. The normalized spacial score (nSPS) is 35.0. The predicted octanol–water partition coefficient (Wildman–Crippen LogP) is 3.34. The van der Waals surface area contributed by atoms with Crippen LogP contribution in [0.5, 0.6) is 5.75 Å². The van der Waals surface area contributed by atoms with Gasteiger partial charge < -0.3 is 24.1 Å². The molecule has 1 unspecified atom stereocenters. The highest BCUT2D eigenvalue weighted by Crippen LogP contribution is 2.61. The number of fused-ring (bicyclic) bond motifs is 6. The Balaban J connectivity index is 1.54. The molecule has 0 radical (unpaired) electrons. The van der Waals surface area contributed by atoms with Crippen LogP contribution in [0.2, 0.25) is 0 Å². The molecular formula is C23H30O6. The summed E-state index contributed by atoms with van der Waals surface area (Å²) >= 11 is 0. The van der Waals surface area contributed by atoms with Crippen molar-refractivity contribution in [1.82, 2.24) is 0 Å². The van der Waals surface area contributed by atoms with Crippen molar-refractivity contribution in [3.63, 3.8) is 0 Å². The Morgan fingerprint density at radius 2 is 2.00 bits per heavy atom. The summed E-state index contributed by atoms with van der Waals surface area (Å²) in [7, 11) is 0. The maximum absolute atomic E-state index is 13.5. The SMILES string of the molecule is CC1(OCCO)CCc2c(ccc3c2C(=O)C[C@@]2(C)[C@H]3CCCC23OCCO3)O1. The second-order valence-electron chi connectivity index (χ2n) is 9.23. The lowest BCUT2D eigenvalue weighted by molar-refractivity contribution is -0.257. The largest absolute Gasteiger partial charge is 0.462 e. The molecule has 1 aromatic rings. The Morgan fingerprint density at radius 1 is 1.21 bits per heavy atom. The number of hydrogen-bond donors (Lipinski definition) is 1. The lowest BCUT2D eigenvalue weighted by Crippen LogP contribution is -2.56. The van der Waals surface area contributed by atoms with E-state index in [9.17, 15) is 4.79 Å². The van der Waals surface area contributed by atoms with Gasteiger partial charge in [0.15, 0.2) is 11.6 Å². The summed E-state index contributed by atoms with van der Waals surface area (Å²) < 4.78 is 24.2. The Hall–Kier alpha value is -1.47. The lowest BCUT2D eigenvalue weighted by Gasteiger charge is -2.55. The van der Waals surface area contributed by atoms with Crippen molar-refractivity contribution < 1.29 is 28.8 Å². The first-order valence-electron chi connectivity index (χ1n) is 10.8. The van der Waals surface area contributed by atoms with Gasteiger partial charge in [-0.1, -0.05) is 13.0 Å². The highest BCUT2D eigenvalue weighted by atomic mass is 16.7. The van der Waals surface area contributed by atoms with E-state index in [-0.39, 0.29) is 30.3 Å². The van der Waals surface area contributed by atoms with Crippen molar-refractivity contribution in [3.8, 4) is 5.75 Å². The monoisotopic (exact) mass is 402 g/mol. The van der Waals surface area contributed by atoms with Gasteiger partial charge in [-0.25, -0.2) is 0 Å². The van der Waals surface area contributed by atoms with E-state index in [4.69, 9.17) is 24.1 Å². The molecule has 5 rings (SSSR count). The number of carbonyl (C=O) groups excluding carboxylic acids is 1. The highest BCUT2D eigenvalue weighted by molar-refractivity contribution is 6.01. The van der Waals surface area contributed by atoms with Gasteiger partial charge in [-0.15, -0.1) is 0 Å². The minimum Gasteiger partial charge on any atom is -0.462 e. The van der Waals surface area contributed by atoms with Crippen LogP contribution >= 0.6 is 0 Å². The molecule has 29 heavy (non-hydrogen) atoms. The summed E-state index contributed by atoms with van der Waals surface area (Å²) in [5.74, 6) is -0.264. The van der Waals surface area contributed by atoms with Crippen molar-refractivity contribution in [2.45, 2.75) is 69.9 Å². The molecule has 0 bridgehead atoms. The van der Waals surface area contributed by atoms with Gasteiger partial charge in [-0.05, 0) is 36.8 Å². The van der Waals surface area contributed by atoms with Crippen LogP contribution in [-0.4, -0.2) is 48.9 Å². The molecule has 1 saturated heterocycles. The van der Waals surface area contributed by atoms with Crippen LogP contribution in [0.15, 0.2) is 12.1 Å². The number of Topliss-reactive ketones (excluding diaryl/α,β-unsaturated/α-hetero) is 1. The van der Waals surface area contributed by atoms with Crippen LogP contribution in [0.3, 0.4) is 0 Å². The first-order valence-corrected chi connectivity index (χ1v) is 10.8. The van der Waals surface area contributed by atoms with Gasteiger partial charge in [0, 0.05) is 42.7 Å². The summed E-state index contributed by atoms with van der Waals surface area (Å²) in [6.07, 6.45) is 4.77. The Labute approximate surface area is 171 Å². The first-order chi connectivity index (χ1) is 13.9. The van der Waals surface area contributed by atoms with Crippen LogP contribution in [0.25, 0.3) is 0 Å². The van der Waals surface area contributed by atoms with Gasteiger partial charge in [-0.2, -0.15) is 0 Å². The minimum atomic E-state index is -0.767. The zero-order valence-electron chi connectivity index (χ0n) is 17.3. The topological polar surface area (TPSA) is 74.2 Å². The fraction of sp³-hybridized carbons (Fsp3) is 0.696. The molecule has 6 nitrogen and oxygen atoms in total. The van der Waals surface area contributed by atoms with E-state index >= 15 is 0 Å². The van der Waals surface area contributed by atoms with E-state index in [0.717, 1.165) is 48.1 Å². The van der Waals surface area contributed by atoms with Gasteiger partial charge in [0.05, 0.1) is 26.4 Å². The van der Waals surface area contributed by atoms with Crippen molar-refractivity contribution in [2.24, 2.45) is 5.41 Å². The van der Waals surface area contributed by atoms with Gasteiger partial charge >= 0.3 is 0 Å². The Morgan fingerprint density at radius 3 is 2.76 bits per heavy atom. The molecule has 2 aliphatic heterocycles. The second-order valence-corrected chi connectivity index (χ2v) is 9.23. The Bertz CT molecular complexity index is 829. The summed E-state index contributed by atoms with van der Waals surface area (Å²) in [5.41, 5.74) is 2.65. The standard InChI is InChI=1S/C23H30O6/c1-21-14-18(25)20-15(17(21)4-3-8-23(21)27-12-13-28-23)5-6-19-16(20)7-9-22(2,29-19)26-11-10-24/h5-6,17,24H,3-4,7-14H2,1-2H3/t17-,21-,22?/m0/s1. The van der Waals surface area contributed by atoms with E-state index in [1.165, 1.54) is 0 Å². The molecule has 1 saturated carbocycles. The highest BCUT2D eigenvalue weighted by Gasteiger charge is 2.62. The predicted molar refractivity (Wildman–Crippen MR) is 105 cm³/mol. The van der Waals surface area contributed by atoms with Gasteiger partial charge in [-0.3, -0.25) is 4.79 Å². The number of hydrogen-bond acceptors (Lipinski definition) is 6. The first kappa shape index (κ1) is 19.5. The molecule has 6 heteroatoms. The minimum absolute atomic E-state index is 0.0410. The van der Waals surface area contributed by atoms with Crippen LogP contribution in [0, 0.1) is 5.41 Å². The molecule has 3 atom stereocenters. The van der Waals surface area contributed by atoms with Crippen molar-refractivity contribution in [3.05, 3.63) is 28.8 Å². The second kappa shape index (κ2) is 6.77. The van der Waals surface area contributed by atoms with Crippen LogP contribution in [0.1, 0.15) is 73.4 Å². The molecule has 4 aliphatic rings. The number of ether oxygens (including phenoxy) is 4. The number of aliphatic hydroxyl groups excluding tert-OH is 1. The molecule has 2 fully saturated rings. The van der Waals surface area contributed by atoms with E-state index in [1.807, 2.05) is 13.0 Å². The third kappa shape index (κ3) is 2.80. The zero-order valence-corrected chi connectivity index (χ0v) is 17.3. The van der Waals surface area contributed by atoms with Crippen LogP contribution < -0.4 is 4.74 Å². The van der Waals surface area contributed by atoms with Crippen LogP contribution in [-0.2, 0) is 20.6 Å².